The molecule has 98 valence electrons. The Morgan fingerprint density at radius 1 is 1.21 bits per heavy atom. The first-order chi connectivity index (χ1) is 9.10. The summed E-state index contributed by atoms with van der Waals surface area (Å²) in [5.41, 5.74) is 0.962. The van der Waals surface area contributed by atoms with Crippen molar-refractivity contribution < 1.29 is 19.0 Å². The standard InChI is InChI=1S/C15H13FO3/c1-10(18)14-8-12(16)4-7-15(14)19-13-5-2-11(9-17)3-6-13/h2-8,17H,9H2,1H3. The van der Waals surface area contributed by atoms with E-state index in [4.69, 9.17) is 9.84 Å². The van der Waals surface area contributed by atoms with E-state index in [9.17, 15) is 9.18 Å². The van der Waals surface area contributed by atoms with Gasteiger partial charge in [0, 0.05) is 0 Å². The summed E-state index contributed by atoms with van der Waals surface area (Å²) >= 11 is 0. The predicted octanol–water partition coefficient (Wildman–Crippen LogP) is 3.31. The predicted molar refractivity (Wildman–Crippen MR) is 68.8 cm³/mol. The summed E-state index contributed by atoms with van der Waals surface area (Å²) in [5, 5.41) is 8.94. The summed E-state index contributed by atoms with van der Waals surface area (Å²) in [4.78, 5) is 11.4. The highest BCUT2D eigenvalue weighted by Crippen LogP contribution is 2.26. The molecule has 0 aliphatic heterocycles. The van der Waals surface area contributed by atoms with E-state index in [1.165, 1.54) is 19.1 Å². The molecule has 0 spiro atoms. The zero-order valence-corrected chi connectivity index (χ0v) is 10.4. The van der Waals surface area contributed by atoms with E-state index < -0.39 is 5.82 Å². The fourth-order valence-corrected chi connectivity index (χ4v) is 1.66. The molecule has 0 amide bonds. The Labute approximate surface area is 110 Å². The van der Waals surface area contributed by atoms with Gasteiger partial charge in [-0.15, -0.1) is 0 Å². The van der Waals surface area contributed by atoms with Gasteiger partial charge in [0.15, 0.2) is 5.78 Å². The van der Waals surface area contributed by atoms with Crippen LogP contribution >= 0.6 is 0 Å². The van der Waals surface area contributed by atoms with Crippen LogP contribution in [-0.4, -0.2) is 10.9 Å². The first kappa shape index (κ1) is 13.2. The molecule has 4 heteroatoms. The van der Waals surface area contributed by atoms with Crippen molar-refractivity contribution >= 4 is 5.78 Å². The maximum absolute atomic E-state index is 13.1. The Hall–Kier alpha value is -2.20. The number of carbonyl (C=O) groups is 1. The normalized spacial score (nSPS) is 10.3. The van der Waals surface area contributed by atoms with Crippen LogP contribution in [0.4, 0.5) is 4.39 Å². The first-order valence-corrected chi connectivity index (χ1v) is 5.78. The Balaban J connectivity index is 2.29. The maximum atomic E-state index is 13.1. The summed E-state index contributed by atoms with van der Waals surface area (Å²) in [6, 6.07) is 10.6. The molecule has 2 aromatic rings. The van der Waals surface area contributed by atoms with Gasteiger partial charge in [-0.2, -0.15) is 0 Å². The average molecular weight is 260 g/mol. The largest absolute Gasteiger partial charge is 0.457 e. The van der Waals surface area contributed by atoms with Crippen LogP contribution in [-0.2, 0) is 6.61 Å². The van der Waals surface area contributed by atoms with Gasteiger partial charge in [-0.3, -0.25) is 4.79 Å². The maximum Gasteiger partial charge on any atom is 0.163 e. The molecule has 0 heterocycles. The minimum Gasteiger partial charge on any atom is -0.457 e. The fourth-order valence-electron chi connectivity index (χ4n) is 1.66. The smallest absolute Gasteiger partial charge is 0.163 e. The third-order valence-corrected chi connectivity index (χ3v) is 2.65. The van der Waals surface area contributed by atoms with E-state index in [1.54, 1.807) is 24.3 Å². The van der Waals surface area contributed by atoms with E-state index in [-0.39, 0.29) is 18.0 Å². The fraction of sp³-hybridized carbons (Fsp3) is 0.133. The number of hydrogen-bond acceptors (Lipinski definition) is 3. The monoisotopic (exact) mass is 260 g/mol. The van der Waals surface area contributed by atoms with Crippen LogP contribution in [0.3, 0.4) is 0 Å². The number of hydrogen-bond donors (Lipinski definition) is 1. The highest BCUT2D eigenvalue weighted by atomic mass is 19.1. The Kier molecular flexibility index (Phi) is 3.92. The summed E-state index contributed by atoms with van der Waals surface area (Å²) < 4.78 is 18.7. The number of Topliss-reactive ketones (excluding diaryl/α,β-unsaturated/α-hetero) is 1. The molecule has 2 aromatic carbocycles. The molecule has 0 unspecified atom stereocenters. The molecule has 3 nitrogen and oxygen atoms in total. The van der Waals surface area contributed by atoms with Crippen molar-refractivity contribution in [1.29, 1.82) is 0 Å². The number of halogens is 1. The highest BCUT2D eigenvalue weighted by molar-refractivity contribution is 5.96. The van der Waals surface area contributed by atoms with Gasteiger partial charge in [0.1, 0.15) is 17.3 Å². The zero-order chi connectivity index (χ0) is 13.8. The van der Waals surface area contributed by atoms with Crippen molar-refractivity contribution in [2.45, 2.75) is 13.5 Å². The van der Waals surface area contributed by atoms with Crippen LogP contribution in [0.2, 0.25) is 0 Å². The van der Waals surface area contributed by atoms with Gasteiger partial charge in [0.25, 0.3) is 0 Å². The Morgan fingerprint density at radius 2 is 1.89 bits per heavy atom. The topological polar surface area (TPSA) is 46.5 Å². The van der Waals surface area contributed by atoms with E-state index in [1.807, 2.05) is 0 Å². The van der Waals surface area contributed by atoms with Crippen LogP contribution in [0.5, 0.6) is 11.5 Å². The Bertz CT molecular complexity index is 591. The van der Waals surface area contributed by atoms with Crippen LogP contribution in [0, 0.1) is 5.82 Å². The minimum absolute atomic E-state index is 0.0461. The van der Waals surface area contributed by atoms with Crippen molar-refractivity contribution in [3.8, 4) is 11.5 Å². The SMILES string of the molecule is CC(=O)c1cc(F)ccc1Oc1ccc(CO)cc1. The Morgan fingerprint density at radius 3 is 2.47 bits per heavy atom. The summed E-state index contributed by atoms with van der Waals surface area (Å²) in [6.45, 7) is 1.31. The van der Waals surface area contributed by atoms with Crippen LogP contribution in [0.25, 0.3) is 0 Å². The summed E-state index contributed by atoms with van der Waals surface area (Å²) in [5.74, 6) is 0.0895. The lowest BCUT2D eigenvalue weighted by Crippen LogP contribution is -1.98. The van der Waals surface area contributed by atoms with Crippen LogP contribution in [0.1, 0.15) is 22.8 Å². The molecular weight excluding hydrogens is 247 g/mol. The second kappa shape index (κ2) is 5.63. The second-order valence-corrected chi connectivity index (χ2v) is 4.10. The van der Waals surface area contributed by atoms with Gasteiger partial charge in [0.05, 0.1) is 12.2 Å². The third kappa shape index (κ3) is 3.17. The molecule has 0 saturated carbocycles. The number of rotatable bonds is 4. The van der Waals surface area contributed by atoms with Gasteiger partial charge in [-0.05, 0) is 42.8 Å². The summed E-state index contributed by atoms with van der Waals surface area (Å²) in [7, 11) is 0. The molecule has 2 rings (SSSR count). The van der Waals surface area contributed by atoms with Gasteiger partial charge in [-0.1, -0.05) is 12.1 Å². The molecule has 1 N–H and O–H groups in total. The molecule has 0 aliphatic carbocycles. The molecule has 0 saturated heterocycles. The molecule has 0 aliphatic rings. The molecule has 19 heavy (non-hydrogen) atoms. The lowest BCUT2D eigenvalue weighted by Gasteiger charge is -2.09. The molecule has 0 aromatic heterocycles. The zero-order valence-electron chi connectivity index (χ0n) is 10.4. The number of aliphatic hydroxyl groups is 1. The van der Waals surface area contributed by atoms with E-state index in [0.717, 1.165) is 11.6 Å². The highest BCUT2D eigenvalue weighted by Gasteiger charge is 2.10. The lowest BCUT2D eigenvalue weighted by atomic mass is 10.1. The number of carbonyl (C=O) groups excluding carboxylic acids is 1. The lowest BCUT2D eigenvalue weighted by molar-refractivity contribution is 0.101. The van der Waals surface area contributed by atoms with Gasteiger partial charge in [0.2, 0.25) is 0 Å². The number of aliphatic hydroxyl groups excluding tert-OH is 1. The molecular formula is C15H13FO3. The van der Waals surface area contributed by atoms with E-state index in [0.29, 0.717) is 11.5 Å². The van der Waals surface area contributed by atoms with Crippen molar-refractivity contribution in [3.05, 3.63) is 59.4 Å². The molecule has 0 bridgehead atoms. The molecule has 0 fully saturated rings. The van der Waals surface area contributed by atoms with Gasteiger partial charge < -0.3 is 9.84 Å². The quantitative estimate of drug-likeness (QED) is 0.858. The number of benzene rings is 2. The van der Waals surface area contributed by atoms with Crippen molar-refractivity contribution in [2.24, 2.45) is 0 Å². The van der Waals surface area contributed by atoms with Gasteiger partial charge in [-0.25, -0.2) is 4.39 Å². The second-order valence-electron chi connectivity index (χ2n) is 4.10. The van der Waals surface area contributed by atoms with Crippen molar-refractivity contribution in [2.75, 3.05) is 0 Å². The number of ketones is 1. The number of ether oxygens (including phenoxy) is 1. The summed E-state index contributed by atoms with van der Waals surface area (Å²) in [6.07, 6.45) is 0. The van der Waals surface area contributed by atoms with E-state index >= 15 is 0 Å². The molecule has 0 atom stereocenters. The van der Waals surface area contributed by atoms with Gasteiger partial charge >= 0.3 is 0 Å². The van der Waals surface area contributed by atoms with Crippen molar-refractivity contribution in [3.63, 3.8) is 0 Å². The van der Waals surface area contributed by atoms with Crippen LogP contribution in [0.15, 0.2) is 42.5 Å². The first-order valence-electron chi connectivity index (χ1n) is 5.78. The average Bonchev–Trinajstić information content (AvgIpc) is 2.41. The molecule has 0 radical (unpaired) electrons. The third-order valence-electron chi connectivity index (χ3n) is 2.65. The van der Waals surface area contributed by atoms with Crippen molar-refractivity contribution in [1.82, 2.24) is 0 Å². The minimum atomic E-state index is -0.479. The van der Waals surface area contributed by atoms with E-state index in [2.05, 4.69) is 0 Å². The van der Waals surface area contributed by atoms with Crippen LogP contribution < -0.4 is 4.74 Å².